The highest BCUT2D eigenvalue weighted by atomic mass is 16.5. The van der Waals surface area contributed by atoms with Gasteiger partial charge in [0.25, 0.3) is 5.56 Å². The number of hydrogen-bond donors (Lipinski definition) is 2. The Morgan fingerprint density at radius 3 is 2.34 bits per heavy atom. The van der Waals surface area contributed by atoms with Gasteiger partial charge in [-0.3, -0.25) is 23.4 Å². The summed E-state index contributed by atoms with van der Waals surface area (Å²) in [6, 6.07) is 15.5. The van der Waals surface area contributed by atoms with E-state index in [0.717, 1.165) is 10.1 Å². The van der Waals surface area contributed by atoms with Gasteiger partial charge in [-0.1, -0.05) is 48.0 Å². The van der Waals surface area contributed by atoms with E-state index in [9.17, 15) is 19.2 Å². The molecule has 0 fully saturated rings. The molecule has 0 saturated carbocycles. The van der Waals surface area contributed by atoms with Crippen molar-refractivity contribution in [3.63, 3.8) is 0 Å². The van der Waals surface area contributed by atoms with Crippen LogP contribution in [0.1, 0.15) is 24.1 Å². The topological polar surface area (TPSA) is 132 Å². The smallest absolute Gasteiger partial charge is 0.338 e. The van der Waals surface area contributed by atoms with Crippen LogP contribution in [0.25, 0.3) is 11.2 Å². The molecule has 12 heteroatoms. The summed E-state index contributed by atoms with van der Waals surface area (Å²) in [6.45, 7) is 3.71. The first-order valence-electron chi connectivity index (χ1n) is 13.1. The molecular formula is C29H31N7O5. The summed E-state index contributed by atoms with van der Waals surface area (Å²) >= 11 is 0. The normalized spacial score (nSPS) is 15.3. The number of imidazole rings is 1. The average molecular weight is 558 g/mol. The molecule has 0 aliphatic carbocycles. The maximum Gasteiger partial charge on any atom is 0.338 e. The minimum absolute atomic E-state index is 0.0977. The Bertz CT molecular complexity index is 1800. The van der Waals surface area contributed by atoms with Gasteiger partial charge in [-0.25, -0.2) is 14.4 Å². The van der Waals surface area contributed by atoms with E-state index in [1.807, 2.05) is 61.5 Å². The zero-order valence-electron chi connectivity index (χ0n) is 23.5. The number of carbonyl (C=O) groups is 2. The zero-order chi connectivity index (χ0) is 29.4. The monoisotopic (exact) mass is 557 g/mol. The number of carbonyl (C=O) groups excluding carboxylic acids is 2. The highest BCUT2D eigenvalue weighted by molar-refractivity contribution is 5.95. The second kappa shape index (κ2) is 10.8. The van der Waals surface area contributed by atoms with Crippen molar-refractivity contribution in [2.45, 2.75) is 26.4 Å². The molecule has 0 saturated heterocycles. The van der Waals surface area contributed by atoms with Crippen molar-refractivity contribution in [3.05, 3.63) is 97.8 Å². The van der Waals surface area contributed by atoms with Crippen LogP contribution in [0, 0.1) is 6.92 Å². The molecule has 2 N–H and O–H groups in total. The number of allylic oxidation sites excluding steroid dienone is 1. The molecule has 1 atom stereocenters. The van der Waals surface area contributed by atoms with E-state index in [2.05, 4.69) is 15.6 Å². The van der Waals surface area contributed by atoms with Crippen molar-refractivity contribution in [1.29, 1.82) is 0 Å². The number of amides is 2. The van der Waals surface area contributed by atoms with Crippen molar-refractivity contribution < 1.29 is 14.3 Å². The number of hydrogen-bond acceptors (Lipinski definition) is 7. The lowest BCUT2D eigenvalue weighted by molar-refractivity contribution is -0.139. The first-order valence-corrected chi connectivity index (χ1v) is 13.1. The molecule has 12 nitrogen and oxygen atoms in total. The second-order valence-electron chi connectivity index (χ2n) is 9.82. The molecule has 2 amide bonds. The van der Waals surface area contributed by atoms with Crippen LogP contribution >= 0.6 is 0 Å². The number of aromatic nitrogens is 4. The van der Waals surface area contributed by atoms with Gasteiger partial charge in [0.05, 0.1) is 30.5 Å². The van der Waals surface area contributed by atoms with E-state index >= 15 is 0 Å². The minimum atomic E-state index is -0.788. The Labute approximate surface area is 235 Å². The molecule has 0 radical (unpaired) electrons. The summed E-state index contributed by atoms with van der Waals surface area (Å²) in [6.07, 6.45) is 0. The van der Waals surface area contributed by atoms with Crippen molar-refractivity contribution in [2.75, 3.05) is 19.0 Å². The van der Waals surface area contributed by atoms with Crippen LogP contribution in [0.4, 0.5) is 16.4 Å². The number of ether oxygens (including phenoxy) is 1. The van der Waals surface area contributed by atoms with Crippen LogP contribution in [0.15, 0.2) is 75.5 Å². The standard InChI is InChI=1S/C29H31N7O5/c1-6-41-26(38)21-20(33(3)28(39)31-22(21)18-10-8-7-9-11-18)16-36-23-24(34(4)29(40)35(5)25(23)37)32-27(36)30-19-14-12-17(2)13-15-19/h7-15,22H,6,16H2,1-5H3,(H,30,32)(H,31,39)/t22-/m1/s1. The molecule has 4 aromatic rings. The van der Waals surface area contributed by atoms with Gasteiger partial charge < -0.3 is 15.4 Å². The fraction of sp³-hybridized carbons (Fsp3) is 0.276. The lowest BCUT2D eigenvalue weighted by Crippen LogP contribution is -2.47. The number of urea groups is 1. The molecule has 0 spiro atoms. The Kier molecular flexibility index (Phi) is 7.22. The van der Waals surface area contributed by atoms with Gasteiger partial charge in [-0.15, -0.1) is 0 Å². The molecule has 2 aromatic carbocycles. The molecular weight excluding hydrogens is 526 g/mol. The molecule has 212 valence electrons. The first kappa shape index (κ1) is 27.4. The molecule has 1 aliphatic rings. The van der Waals surface area contributed by atoms with Gasteiger partial charge in [0, 0.05) is 26.8 Å². The lowest BCUT2D eigenvalue weighted by Gasteiger charge is -2.35. The predicted octanol–water partition coefficient (Wildman–Crippen LogP) is 2.70. The van der Waals surface area contributed by atoms with Crippen molar-refractivity contribution in [1.82, 2.24) is 28.9 Å². The lowest BCUT2D eigenvalue weighted by atomic mass is 9.94. The van der Waals surface area contributed by atoms with E-state index < -0.39 is 29.3 Å². The zero-order valence-corrected chi connectivity index (χ0v) is 23.5. The van der Waals surface area contributed by atoms with E-state index in [4.69, 9.17) is 4.74 Å². The van der Waals surface area contributed by atoms with Crippen LogP contribution in [0.5, 0.6) is 0 Å². The average Bonchev–Trinajstić information content (AvgIpc) is 3.32. The molecule has 2 aromatic heterocycles. The quantitative estimate of drug-likeness (QED) is 0.334. The number of anilines is 2. The Morgan fingerprint density at radius 1 is 1.00 bits per heavy atom. The fourth-order valence-corrected chi connectivity index (χ4v) is 4.91. The number of esters is 1. The minimum Gasteiger partial charge on any atom is -0.463 e. The molecule has 3 heterocycles. The van der Waals surface area contributed by atoms with E-state index in [1.165, 1.54) is 23.6 Å². The second-order valence-corrected chi connectivity index (χ2v) is 9.82. The summed E-state index contributed by atoms with van der Waals surface area (Å²) in [7, 11) is 4.47. The Hall–Kier alpha value is -5.13. The summed E-state index contributed by atoms with van der Waals surface area (Å²) in [5.74, 6) is -0.338. The van der Waals surface area contributed by atoms with E-state index in [1.54, 1.807) is 18.5 Å². The van der Waals surface area contributed by atoms with E-state index in [0.29, 0.717) is 16.9 Å². The van der Waals surface area contributed by atoms with Gasteiger partial charge in [0.15, 0.2) is 11.2 Å². The molecule has 5 rings (SSSR count). The molecule has 41 heavy (non-hydrogen) atoms. The molecule has 0 unspecified atom stereocenters. The van der Waals surface area contributed by atoms with Gasteiger partial charge in [0.1, 0.15) is 0 Å². The highest BCUT2D eigenvalue weighted by Gasteiger charge is 2.37. The third-order valence-corrected chi connectivity index (χ3v) is 7.17. The number of nitrogens with one attached hydrogen (secondary N) is 2. The largest absolute Gasteiger partial charge is 0.463 e. The van der Waals surface area contributed by atoms with Gasteiger partial charge in [0.2, 0.25) is 5.95 Å². The Balaban J connectivity index is 1.77. The maximum absolute atomic E-state index is 13.5. The third-order valence-electron chi connectivity index (χ3n) is 7.17. The fourth-order valence-electron chi connectivity index (χ4n) is 4.91. The summed E-state index contributed by atoms with van der Waals surface area (Å²) in [4.78, 5) is 58.9. The van der Waals surface area contributed by atoms with Gasteiger partial charge in [-0.2, -0.15) is 4.98 Å². The van der Waals surface area contributed by atoms with Crippen molar-refractivity contribution >= 4 is 34.8 Å². The van der Waals surface area contributed by atoms with Gasteiger partial charge in [-0.05, 0) is 31.5 Å². The number of fused-ring (bicyclic) bond motifs is 1. The Morgan fingerprint density at radius 2 is 1.68 bits per heavy atom. The highest BCUT2D eigenvalue weighted by Crippen LogP contribution is 2.33. The number of nitrogens with zero attached hydrogens (tertiary/aromatic N) is 5. The predicted molar refractivity (Wildman–Crippen MR) is 154 cm³/mol. The molecule has 1 aliphatic heterocycles. The van der Waals surface area contributed by atoms with Crippen LogP contribution in [0.2, 0.25) is 0 Å². The summed E-state index contributed by atoms with van der Waals surface area (Å²) in [5.41, 5.74) is 2.21. The SMILES string of the molecule is CCOC(=O)C1=C(Cn2c(Nc3ccc(C)cc3)nc3c2c(=O)n(C)c(=O)n3C)N(C)C(=O)N[C@@H]1c1ccccc1. The summed E-state index contributed by atoms with van der Waals surface area (Å²) in [5, 5.41) is 6.13. The van der Waals surface area contributed by atoms with Crippen LogP contribution < -0.4 is 21.9 Å². The number of aryl methyl sites for hydroxylation is 2. The van der Waals surface area contributed by atoms with Crippen molar-refractivity contribution in [3.8, 4) is 0 Å². The van der Waals surface area contributed by atoms with Crippen LogP contribution in [-0.2, 0) is 30.2 Å². The number of rotatable bonds is 7. The van der Waals surface area contributed by atoms with E-state index in [-0.39, 0.29) is 35.8 Å². The van der Waals surface area contributed by atoms with Crippen molar-refractivity contribution in [2.24, 2.45) is 14.1 Å². The first-order chi connectivity index (χ1) is 19.6. The van der Waals surface area contributed by atoms with Crippen LogP contribution in [0.3, 0.4) is 0 Å². The maximum atomic E-state index is 13.5. The number of benzene rings is 2. The number of likely N-dealkylation sites (N-methyl/N-ethyl adjacent to an activating group) is 1. The molecule has 0 bridgehead atoms. The van der Waals surface area contributed by atoms with Gasteiger partial charge >= 0.3 is 17.7 Å². The third kappa shape index (κ3) is 4.88. The van der Waals surface area contributed by atoms with Crippen LogP contribution in [-0.4, -0.2) is 49.2 Å². The summed E-state index contributed by atoms with van der Waals surface area (Å²) < 4.78 is 9.32.